The largest absolute Gasteiger partial charge is 0.327 e. The average Bonchev–Trinajstić information content (AvgIpc) is 3.11. The van der Waals surface area contributed by atoms with Crippen molar-refractivity contribution in [3.63, 3.8) is 0 Å². The third-order valence-corrected chi connectivity index (χ3v) is 7.93. The number of nitrogens with zero attached hydrogens (tertiary/aromatic N) is 5. The molecule has 7 nitrogen and oxygen atoms in total. The number of benzene rings is 2. The van der Waals surface area contributed by atoms with Gasteiger partial charge >= 0.3 is 0 Å². The van der Waals surface area contributed by atoms with Crippen LogP contribution in [0.15, 0.2) is 53.4 Å². The zero-order chi connectivity index (χ0) is 22.2. The highest BCUT2D eigenvalue weighted by Crippen LogP contribution is 2.28. The summed E-state index contributed by atoms with van der Waals surface area (Å²) in [6.45, 7) is 6.57. The Labute approximate surface area is 184 Å². The van der Waals surface area contributed by atoms with E-state index in [2.05, 4.69) is 58.7 Å². The van der Waals surface area contributed by atoms with Crippen LogP contribution in [-0.4, -0.2) is 72.9 Å². The van der Waals surface area contributed by atoms with Gasteiger partial charge in [-0.25, -0.2) is 17.7 Å². The van der Waals surface area contributed by atoms with E-state index in [0.717, 1.165) is 49.6 Å². The van der Waals surface area contributed by atoms with E-state index in [9.17, 15) is 8.42 Å². The molecule has 0 amide bonds. The van der Waals surface area contributed by atoms with Crippen LogP contribution >= 0.6 is 0 Å². The number of imidazole rings is 1. The molecule has 1 unspecified atom stereocenters. The monoisotopic (exact) mass is 441 g/mol. The van der Waals surface area contributed by atoms with E-state index in [0.29, 0.717) is 6.04 Å². The predicted molar refractivity (Wildman–Crippen MR) is 123 cm³/mol. The Balaban J connectivity index is 1.70. The van der Waals surface area contributed by atoms with Crippen molar-refractivity contribution in [3.8, 4) is 0 Å². The minimum Gasteiger partial charge on any atom is -0.327 e. The third-order valence-electron chi connectivity index (χ3n) is 6.12. The number of piperazine rings is 1. The van der Waals surface area contributed by atoms with Crippen LogP contribution in [0.5, 0.6) is 0 Å². The van der Waals surface area contributed by atoms with Gasteiger partial charge in [0, 0.05) is 46.3 Å². The third kappa shape index (κ3) is 4.25. The van der Waals surface area contributed by atoms with Crippen LogP contribution in [0.1, 0.15) is 24.4 Å². The van der Waals surface area contributed by atoms with Crippen molar-refractivity contribution in [2.45, 2.75) is 31.0 Å². The van der Waals surface area contributed by atoms with Gasteiger partial charge in [0.25, 0.3) is 0 Å². The molecule has 0 N–H and O–H groups in total. The lowest BCUT2D eigenvalue weighted by Gasteiger charge is -2.40. The van der Waals surface area contributed by atoms with Crippen LogP contribution in [0.3, 0.4) is 0 Å². The standard InChI is InChI=1S/C23H31N5O2S/c1-5-28-21-12-11-19(31(29,30)25(2)3)15-20(21)24-23(28)17-27-14-13-26(4)16-22(27)18-9-7-6-8-10-18/h6-12,15,22H,5,13-14,16-17H2,1-4H3. The highest BCUT2D eigenvalue weighted by molar-refractivity contribution is 7.89. The Hall–Kier alpha value is -2.26. The maximum atomic E-state index is 12.6. The fourth-order valence-electron chi connectivity index (χ4n) is 4.32. The van der Waals surface area contributed by atoms with Crippen molar-refractivity contribution < 1.29 is 8.42 Å². The van der Waals surface area contributed by atoms with Crippen LogP contribution in [0.25, 0.3) is 11.0 Å². The highest BCUT2D eigenvalue weighted by Gasteiger charge is 2.28. The summed E-state index contributed by atoms with van der Waals surface area (Å²) in [5.74, 6) is 0.974. The molecule has 2 aromatic carbocycles. The number of hydrogen-bond donors (Lipinski definition) is 0. The first-order chi connectivity index (χ1) is 14.8. The van der Waals surface area contributed by atoms with Crippen LogP contribution in [-0.2, 0) is 23.1 Å². The SMILES string of the molecule is CCn1c(CN2CCN(C)CC2c2ccccc2)nc2cc(S(=O)(=O)N(C)C)ccc21. The van der Waals surface area contributed by atoms with Gasteiger partial charge in [0.05, 0.1) is 22.5 Å². The first-order valence-electron chi connectivity index (χ1n) is 10.7. The second-order valence-corrected chi connectivity index (χ2v) is 10.5. The van der Waals surface area contributed by atoms with Crippen LogP contribution in [0, 0.1) is 0 Å². The summed E-state index contributed by atoms with van der Waals surface area (Å²) in [5.41, 5.74) is 3.01. The van der Waals surface area contributed by atoms with Gasteiger partial charge in [-0.15, -0.1) is 0 Å². The molecule has 1 atom stereocenters. The minimum absolute atomic E-state index is 0.277. The Morgan fingerprint density at radius 1 is 1.10 bits per heavy atom. The first kappa shape index (κ1) is 22.0. The van der Waals surface area contributed by atoms with Gasteiger partial charge in [-0.3, -0.25) is 4.90 Å². The Morgan fingerprint density at radius 3 is 2.52 bits per heavy atom. The average molecular weight is 442 g/mol. The van der Waals surface area contributed by atoms with Gasteiger partial charge in [0.2, 0.25) is 10.0 Å². The van der Waals surface area contributed by atoms with Crippen LogP contribution in [0.4, 0.5) is 0 Å². The number of hydrogen-bond acceptors (Lipinski definition) is 5. The molecule has 8 heteroatoms. The minimum atomic E-state index is -3.49. The van der Waals surface area contributed by atoms with E-state index in [-0.39, 0.29) is 4.90 Å². The van der Waals surface area contributed by atoms with Gasteiger partial charge < -0.3 is 9.47 Å². The first-order valence-corrected chi connectivity index (χ1v) is 12.1. The molecule has 1 aromatic heterocycles. The van der Waals surface area contributed by atoms with E-state index in [1.54, 1.807) is 26.2 Å². The molecule has 1 saturated heterocycles. The van der Waals surface area contributed by atoms with E-state index in [1.807, 2.05) is 6.07 Å². The second-order valence-electron chi connectivity index (χ2n) is 8.37. The van der Waals surface area contributed by atoms with Crippen LogP contribution in [0.2, 0.25) is 0 Å². The van der Waals surface area contributed by atoms with Crippen molar-refractivity contribution >= 4 is 21.1 Å². The molecule has 1 aliphatic heterocycles. The number of rotatable bonds is 6. The predicted octanol–water partition coefficient (Wildman–Crippen LogP) is 2.80. The quantitative estimate of drug-likeness (QED) is 0.589. The van der Waals surface area contributed by atoms with Gasteiger partial charge in [-0.2, -0.15) is 0 Å². The Kier molecular flexibility index (Phi) is 6.16. The number of sulfonamides is 1. The summed E-state index contributed by atoms with van der Waals surface area (Å²) >= 11 is 0. The number of likely N-dealkylation sites (N-methyl/N-ethyl adjacent to an activating group) is 1. The molecule has 166 valence electrons. The topological polar surface area (TPSA) is 61.7 Å². The van der Waals surface area contributed by atoms with Crippen molar-refractivity contribution in [2.75, 3.05) is 40.8 Å². The smallest absolute Gasteiger partial charge is 0.242 e. The molecule has 0 spiro atoms. The lowest BCUT2D eigenvalue weighted by Crippen LogP contribution is -2.46. The van der Waals surface area contributed by atoms with E-state index < -0.39 is 10.0 Å². The van der Waals surface area contributed by atoms with E-state index in [4.69, 9.17) is 4.98 Å². The normalized spacial score (nSPS) is 18.8. The molecule has 0 aliphatic carbocycles. The lowest BCUT2D eigenvalue weighted by atomic mass is 10.0. The Bertz CT molecular complexity index is 1160. The van der Waals surface area contributed by atoms with E-state index >= 15 is 0 Å². The molecule has 0 radical (unpaired) electrons. The summed E-state index contributed by atoms with van der Waals surface area (Å²) in [5, 5.41) is 0. The molecule has 0 saturated carbocycles. The summed E-state index contributed by atoms with van der Waals surface area (Å²) in [7, 11) is 1.78. The second kappa shape index (κ2) is 8.70. The number of aromatic nitrogens is 2. The molecule has 1 aliphatic rings. The van der Waals surface area contributed by atoms with Crippen molar-refractivity contribution in [3.05, 3.63) is 59.9 Å². The van der Waals surface area contributed by atoms with Crippen molar-refractivity contribution in [1.82, 2.24) is 23.7 Å². The number of fused-ring (bicyclic) bond motifs is 1. The van der Waals surface area contributed by atoms with E-state index in [1.165, 1.54) is 9.87 Å². The fourth-order valence-corrected chi connectivity index (χ4v) is 5.25. The number of aryl methyl sites for hydroxylation is 1. The van der Waals surface area contributed by atoms with Crippen molar-refractivity contribution in [2.24, 2.45) is 0 Å². The maximum Gasteiger partial charge on any atom is 0.242 e. The maximum absolute atomic E-state index is 12.6. The molecular weight excluding hydrogens is 410 g/mol. The Morgan fingerprint density at radius 2 is 1.84 bits per heavy atom. The summed E-state index contributed by atoms with van der Waals surface area (Å²) in [6, 6.07) is 16.2. The summed E-state index contributed by atoms with van der Waals surface area (Å²) < 4.78 is 28.6. The highest BCUT2D eigenvalue weighted by atomic mass is 32.2. The van der Waals surface area contributed by atoms with Crippen molar-refractivity contribution in [1.29, 1.82) is 0 Å². The molecule has 2 heterocycles. The van der Waals surface area contributed by atoms with Gasteiger partial charge in [-0.1, -0.05) is 30.3 Å². The molecule has 1 fully saturated rings. The lowest BCUT2D eigenvalue weighted by molar-refractivity contribution is 0.0802. The van der Waals surface area contributed by atoms with Crippen LogP contribution < -0.4 is 0 Å². The molecule has 3 aromatic rings. The van der Waals surface area contributed by atoms with Gasteiger partial charge in [-0.05, 0) is 37.7 Å². The van der Waals surface area contributed by atoms with Gasteiger partial charge in [0.1, 0.15) is 5.82 Å². The fraction of sp³-hybridized carbons (Fsp3) is 0.435. The molecular formula is C23H31N5O2S. The molecule has 4 rings (SSSR count). The molecule has 0 bridgehead atoms. The zero-order valence-corrected chi connectivity index (χ0v) is 19.5. The summed E-state index contributed by atoms with van der Waals surface area (Å²) in [4.78, 5) is 10.0. The molecule has 31 heavy (non-hydrogen) atoms. The van der Waals surface area contributed by atoms with Gasteiger partial charge in [0.15, 0.2) is 0 Å². The zero-order valence-electron chi connectivity index (χ0n) is 18.7. The summed E-state index contributed by atoms with van der Waals surface area (Å²) in [6.07, 6.45) is 0.